The van der Waals surface area contributed by atoms with Gasteiger partial charge in [-0.05, 0) is 95.6 Å². The number of aromatic nitrogens is 1. The first kappa shape index (κ1) is 25.1. The fraction of sp³-hybridized carbons (Fsp3) is 0.0244. The molecular weight excluding hydrogens is 520 g/mol. The monoisotopic (exact) mass is 550 g/mol. The van der Waals surface area contributed by atoms with Crippen molar-refractivity contribution in [3.8, 4) is 16.8 Å². The fourth-order valence-corrected chi connectivity index (χ4v) is 6.27. The number of rotatable bonds is 5. The van der Waals surface area contributed by atoms with E-state index in [4.69, 9.17) is 0 Å². The Balaban J connectivity index is 1.22. The zero-order valence-electron chi connectivity index (χ0n) is 24.0. The van der Waals surface area contributed by atoms with Crippen LogP contribution >= 0.6 is 0 Å². The lowest BCUT2D eigenvalue weighted by atomic mass is 10.0. The Bertz CT molecular complexity index is 2220. The van der Waals surface area contributed by atoms with E-state index in [-0.39, 0.29) is 0 Å². The lowest BCUT2D eigenvalue weighted by Gasteiger charge is -2.26. The van der Waals surface area contributed by atoms with Crippen LogP contribution in [0.3, 0.4) is 0 Å². The third-order valence-corrected chi connectivity index (χ3v) is 8.43. The molecule has 2 nitrogen and oxygen atoms in total. The van der Waals surface area contributed by atoms with Crippen LogP contribution in [0.5, 0.6) is 0 Å². The lowest BCUT2D eigenvalue weighted by molar-refractivity contribution is 1.17. The van der Waals surface area contributed by atoms with Crippen molar-refractivity contribution in [1.29, 1.82) is 0 Å². The SMILES string of the molecule is Cc1ccc(-n2c3ccccc3c3cc(-c4ccc(N(c5ccccc5)c5ccc6ccccc6c5)cc4)ccc32)cc1. The van der Waals surface area contributed by atoms with Gasteiger partial charge in [0.25, 0.3) is 0 Å². The second-order valence-electron chi connectivity index (χ2n) is 11.2. The van der Waals surface area contributed by atoms with Crippen LogP contribution in [0.25, 0.3) is 49.4 Å². The van der Waals surface area contributed by atoms with Crippen LogP contribution in [0.4, 0.5) is 17.1 Å². The van der Waals surface area contributed by atoms with Crippen molar-refractivity contribution in [3.63, 3.8) is 0 Å². The molecule has 0 radical (unpaired) electrons. The van der Waals surface area contributed by atoms with Crippen molar-refractivity contribution in [2.75, 3.05) is 4.90 Å². The third kappa shape index (κ3) is 4.45. The molecule has 1 heterocycles. The molecule has 0 saturated carbocycles. The molecule has 0 aliphatic heterocycles. The van der Waals surface area contributed by atoms with Crippen molar-refractivity contribution in [2.24, 2.45) is 0 Å². The zero-order valence-corrected chi connectivity index (χ0v) is 24.0. The number of para-hydroxylation sites is 2. The summed E-state index contributed by atoms with van der Waals surface area (Å²) in [6.07, 6.45) is 0. The van der Waals surface area contributed by atoms with Gasteiger partial charge in [0.2, 0.25) is 0 Å². The molecule has 0 aliphatic rings. The van der Waals surface area contributed by atoms with Crippen molar-refractivity contribution in [1.82, 2.24) is 4.57 Å². The van der Waals surface area contributed by atoms with E-state index >= 15 is 0 Å². The summed E-state index contributed by atoms with van der Waals surface area (Å²) in [7, 11) is 0. The summed E-state index contributed by atoms with van der Waals surface area (Å²) in [6, 6.07) is 59.1. The van der Waals surface area contributed by atoms with E-state index in [2.05, 4.69) is 180 Å². The summed E-state index contributed by atoms with van der Waals surface area (Å²) < 4.78 is 2.37. The molecule has 1 aromatic heterocycles. The molecule has 0 atom stereocenters. The summed E-state index contributed by atoms with van der Waals surface area (Å²) in [4.78, 5) is 2.33. The van der Waals surface area contributed by atoms with Crippen molar-refractivity contribution < 1.29 is 0 Å². The van der Waals surface area contributed by atoms with Crippen molar-refractivity contribution in [2.45, 2.75) is 6.92 Å². The number of hydrogen-bond acceptors (Lipinski definition) is 1. The zero-order chi connectivity index (χ0) is 28.8. The summed E-state index contributed by atoms with van der Waals surface area (Å²) in [5.74, 6) is 0. The second kappa shape index (κ2) is 10.3. The van der Waals surface area contributed by atoms with E-state index in [1.165, 1.54) is 55.0 Å². The van der Waals surface area contributed by atoms with Crippen LogP contribution in [-0.4, -0.2) is 4.57 Å². The van der Waals surface area contributed by atoms with Gasteiger partial charge in [-0.2, -0.15) is 0 Å². The molecule has 8 aromatic rings. The predicted octanol–water partition coefficient (Wildman–Crippen LogP) is 11.4. The fourth-order valence-electron chi connectivity index (χ4n) is 6.27. The minimum absolute atomic E-state index is 1.13. The predicted molar refractivity (Wildman–Crippen MR) is 183 cm³/mol. The topological polar surface area (TPSA) is 8.17 Å². The summed E-state index contributed by atoms with van der Waals surface area (Å²) in [5.41, 5.74) is 10.7. The first-order chi connectivity index (χ1) is 21.2. The molecule has 0 spiro atoms. The van der Waals surface area contributed by atoms with E-state index in [9.17, 15) is 0 Å². The van der Waals surface area contributed by atoms with Gasteiger partial charge in [-0.15, -0.1) is 0 Å². The second-order valence-corrected chi connectivity index (χ2v) is 11.2. The Hall–Kier alpha value is -5.60. The number of nitrogens with zero attached hydrogens (tertiary/aromatic N) is 2. The van der Waals surface area contributed by atoms with E-state index in [0.717, 1.165) is 17.1 Å². The first-order valence-corrected chi connectivity index (χ1v) is 14.8. The van der Waals surface area contributed by atoms with Crippen LogP contribution < -0.4 is 4.90 Å². The lowest BCUT2D eigenvalue weighted by Crippen LogP contribution is -2.09. The van der Waals surface area contributed by atoms with Gasteiger partial charge in [0.15, 0.2) is 0 Å². The van der Waals surface area contributed by atoms with Crippen LogP contribution in [0, 0.1) is 6.92 Å². The number of anilines is 3. The Morgan fingerprint density at radius 1 is 0.419 bits per heavy atom. The van der Waals surface area contributed by atoms with E-state index < -0.39 is 0 Å². The molecule has 0 N–H and O–H groups in total. The highest BCUT2D eigenvalue weighted by atomic mass is 15.1. The Kier molecular flexibility index (Phi) is 6.05. The molecule has 0 amide bonds. The maximum atomic E-state index is 2.37. The van der Waals surface area contributed by atoms with Crippen molar-refractivity contribution >= 4 is 49.6 Å². The van der Waals surface area contributed by atoms with Crippen LogP contribution in [0.2, 0.25) is 0 Å². The van der Waals surface area contributed by atoms with Gasteiger partial charge < -0.3 is 9.47 Å². The van der Waals surface area contributed by atoms with E-state index in [0.29, 0.717) is 0 Å². The average Bonchev–Trinajstić information content (AvgIpc) is 3.40. The van der Waals surface area contributed by atoms with E-state index in [1.54, 1.807) is 0 Å². The van der Waals surface area contributed by atoms with Crippen LogP contribution in [0.15, 0.2) is 164 Å². The molecule has 0 bridgehead atoms. The largest absolute Gasteiger partial charge is 0.310 e. The van der Waals surface area contributed by atoms with Gasteiger partial charge >= 0.3 is 0 Å². The smallest absolute Gasteiger partial charge is 0.0541 e. The molecule has 7 aromatic carbocycles. The molecule has 0 fully saturated rings. The van der Waals surface area contributed by atoms with Gasteiger partial charge in [0, 0.05) is 33.5 Å². The number of benzene rings is 7. The molecule has 0 unspecified atom stereocenters. The van der Waals surface area contributed by atoms with Crippen LogP contribution in [0.1, 0.15) is 5.56 Å². The standard InChI is InChI=1S/C41H30N2/c1-29-15-21-36(22-16-29)43-40-14-8-7-13-38(40)39-28-33(20-26-41(39)43)31-17-23-35(24-18-31)42(34-11-3-2-4-12-34)37-25-19-30-9-5-6-10-32(30)27-37/h2-28H,1H3. The molecule has 204 valence electrons. The normalized spacial score (nSPS) is 11.4. The van der Waals surface area contributed by atoms with Crippen molar-refractivity contribution in [3.05, 3.63) is 169 Å². The Labute approximate surface area is 251 Å². The molecule has 2 heteroatoms. The quantitative estimate of drug-likeness (QED) is 0.207. The number of aryl methyl sites for hydroxylation is 1. The van der Waals surface area contributed by atoms with Crippen LogP contribution in [-0.2, 0) is 0 Å². The van der Waals surface area contributed by atoms with E-state index in [1.807, 2.05) is 0 Å². The molecule has 0 saturated heterocycles. The van der Waals surface area contributed by atoms with Gasteiger partial charge in [0.05, 0.1) is 11.0 Å². The molecule has 43 heavy (non-hydrogen) atoms. The summed E-state index contributed by atoms with van der Waals surface area (Å²) >= 11 is 0. The molecular formula is C41H30N2. The molecule has 0 aliphatic carbocycles. The minimum atomic E-state index is 1.13. The third-order valence-electron chi connectivity index (χ3n) is 8.43. The van der Waals surface area contributed by atoms with Gasteiger partial charge in [-0.3, -0.25) is 0 Å². The minimum Gasteiger partial charge on any atom is -0.310 e. The molecule has 8 rings (SSSR count). The first-order valence-electron chi connectivity index (χ1n) is 14.8. The van der Waals surface area contributed by atoms with Gasteiger partial charge in [-0.25, -0.2) is 0 Å². The summed E-state index contributed by atoms with van der Waals surface area (Å²) in [5, 5.41) is 5.01. The van der Waals surface area contributed by atoms with Gasteiger partial charge in [-0.1, -0.05) is 103 Å². The number of hydrogen-bond donors (Lipinski definition) is 0. The maximum absolute atomic E-state index is 2.37. The average molecular weight is 551 g/mol. The Morgan fingerprint density at radius 2 is 1.05 bits per heavy atom. The number of fused-ring (bicyclic) bond motifs is 4. The summed E-state index contributed by atoms with van der Waals surface area (Å²) in [6.45, 7) is 2.13. The Morgan fingerprint density at radius 3 is 1.86 bits per heavy atom. The van der Waals surface area contributed by atoms with Gasteiger partial charge in [0.1, 0.15) is 0 Å². The highest BCUT2D eigenvalue weighted by Crippen LogP contribution is 2.38. The maximum Gasteiger partial charge on any atom is 0.0541 e. The highest BCUT2D eigenvalue weighted by Gasteiger charge is 2.15. The highest BCUT2D eigenvalue weighted by molar-refractivity contribution is 6.10.